The number of alkyl halides is 3. The van der Waals surface area contributed by atoms with Crippen molar-refractivity contribution in [3.05, 3.63) is 29.8 Å². The lowest BCUT2D eigenvalue weighted by Gasteiger charge is -2.23. The van der Waals surface area contributed by atoms with Gasteiger partial charge in [-0.1, -0.05) is 25.1 Å². The Morgan fingerprint density at radius 2 is 1.85 bits per heavy atom. The molecule has 0 heterocycles. The first kappa shape index (κ1) is 16.8. The van der Waals surface area contributed by atoms with Crippen LogP contribution in [0, 0.1) is 0 Å². The smallest absolute Gasteiger partial charge is 0.389 e. The second kappa shape index (κ2) is 7.53. The highest BCUT2D eigenvalue weighted by atomic mass is 19.4. The van der Waals surface area contributed by atoms with Crippen molar-refractivity contribution in [1.82, 2.24) is 5.32 Å². The van der Waals surface area contributed by atoms with Gasteiger partial charge >= 0.3 is 6.18 Å². The second-order valence-electron chi connectivity index (χ2n) is 4.97. The number of ether oxygens (including phenoxy) is 1. The Morgan fingerprint density at radius 3 is 2.40 bits per heavy atom. The number of benzene rings is 1. The first-order chi connectivity index (χ1) is 9.33. The third kappa shape index (κ3) is 5.82. The molecule has 20 heavy (non-hydrogen) atoms. The third-order valence-corrected chi connectivity index (χ3v) is 2.82. The van der Waals surface area contributed by atoms with Crippen LogP contribution in [0.15, 0.2) is 24.3 Å². The molecule has 5 heteroatoms. The summed E-state index contributed by atoms with van der Waals surface area (Å²) in [6.07, 6.45) is -4.95. The van der Waals surface area contributed by atoms with Crippen molar-refractivity contribution < 1.29 is 17.9 Å². The maximum atomic E-state index is 12.4. The number of halogens is 3. The highest BCUT2D eigenvalue weighted by molar-refractivity contribution is 5.36. The number of nitrogens with one attached hydrogen (secondary N) is 1. The summed E-state index contributed by atoms with van der Waals surface area (Å²) in [5.41, 5.74) is 0.785. The van der Waals surface area contributed by atoms with E-state index in [9.17, 15) is 13.2 Å². The molecule has 2 nitrogen and oxygen atoms in total. The Hall–Kier alpha value is -1.23. The fraction of sp³-hybridized carbons (Fsp3) is 0.600. The van der Waals surface area contributed by atoms with Gasteiger partial charge in [-0.2, -0.15) is 13.2 Å². The van der Waals surface area contributed by atoms with E-state index in [4.69, 9.17) is 4.74 Å². The summed E-state index contributed by atoms with van der Waals surface area (Å²) in [7, 11) is 0. The van der Waals surface area contributed by atoms with Crippen LogP contribution in [-0.4, -0.2) is 18.8 Å². The van der Waals surface area contributed by atoms with Crippen LogP contribution in [-0.2, 0) is 0 Å². The van der Waals surface area contributed by atoms with E-state index < -0.39 is 12.6 Å². The van der Waals surface area contributed by atoms with Gasteiger partial charge in [-0.05, 0) is 32.9 Å². The first-order valence-corrected chi connectivity index (χ1v) is 6.89. The molecule has 0 aliphatic rings. The molecule has 0 aromatic heterocycles. The average Bonchev–Trinajstić information content (AvgIpc) is 2.33. The number of para-hydroxylation sites is 1. The van der Waals surface area contributed by atoms with E-state index in [0.29, 0.717) is 12.3 Å². The minimum absolute atomic E-state index is 0.00973. The van der Waals surface area contributed by atoms with Crippen molar-refractivity contribution in [2.24, 2.45) is 0 Å². The third-order valence-electron chi connectivity index (χ3n) is 2.82. The normalized spacial score (nSPS) is 13.6. The Labute approximate surface area is 118 Å². The highest BCUT2D eigenvalue weighted by Crippen LogP contribution is 2.32. The van der Waals surface area contributed by atoms with Crippen molar-refractivity contribution in [2.75, 3.05) is 6.54 Å². The maximum Gasteiger partial charge on any atom is 0.389 e. The molecule has 0 fully saturated rings. The van der Waals surface area contributed by atoms with Crippen molar-refractivity contribution in [1.29, 1.82) is 0 Å². The van der Waals surface area contributed by atoms with Gasteiger partial charge in [0.2, 0.25) is 0 Å². The molecule has 1 unspecified atom stereocenters. The lowest BCUT2D eigenvalue weighted by atomic mass is 10.0. The molecule has 0 aliphatic heterocycles. The topological polar surface area (TPSA) is 21.3 Å². The molecule has 1 atom stereocenters. The van der Waals surface area contributed by atoms with E-state index >= 15 is 0 Å². The number of hydrogen-bond acceptors (Lipinski definition) is 2. The van der Waals surface area contributed by atoms with Gasteiger partial charge in [0.05, 0.1) is 6.10 Å². The van der Waals surface area contributed by atoms with Crippen molar-refractivity contribution in [3.63, 3.8) is 0 Å². The van der Waals surface area contributed by atoms with E-state index in [1.54, 1.807) is 6.07 Å². The molecular weight excluding hydrogens is 267 g/mol. The van der Waals surface area contributed by atoms with Gasteiger partial charge in [-0.25, -0.2) is 0 Å². The molecule has 0 saturated heterocycles. The molecule has 0 radical (unpaired) electrons. The Balaban J connectivity index is 2.90. The average molecular weight is 289 g/mol. The Morgan fingerprint density at radius 1 is 1.20 bits per heavy atom. The standard InChI is InChI=1S/C15H22F3NO/c1-4-19-13(9-10-15(16,17)18)12-7-5-6-8-14(12)20-11(2)3/h5-8,11,13,19H,4,9-10H2,1-3H3. The van der Waals surface area contributed by atoms with Crippen LogP contribution in [0.25, 0.3) is 0 Å². The number of rotatable bonds is 7. The second-order valence-corrected chi connectivity index (χ2v) is 4.97. The molecule has 114 valence electrons. The predicted molar refractivity (Wildman–Crippen MR) is 73.9 cm³/mol. The zero-order valence-electron chi connectivity index (χ0n) is 12.1. The molecule has 0 spiro atoms. The van der Waals surface area contributed by atoms with Crippen LogP contribution in [0.1, 0.15) is 45.2 Å². The predicted octanol–water partition coefficient (Wildman–Crippen LogP) is 4.47. The van der Waals surface area contributed by atoms with E-state index in [2.05, 4.69) is 5.32 Å². The van der Waals surface area contributed by atoms with E-state index in [0.717, 1.165) is 5.56 Å². The molecule has 1 N–H and O–H groups in total. The van der Waals surface area contributed by atoms with Gasteiger partial charge in [0.1, 0.15) is 5.75 Å². The molecule has 0 saturated carbocycles. The van der Waals surface area contributed by atoms with Crippen LogP contribution in [0.4, 0.5) is 13.2 Å². The fourth-order valence-electron chi connectivity index (χ4n) is 2.05. The summed E-state index contributed by atoms with van der Waals surface area (Å²) >= 11 is 0. The van der Waals surface area contributed by atoms with Gasteiger partial charge in [0.25, 0.3) is 0 Å². The molecule has 0 amide bonds. The zero-order valence-corrected chi connectivity index (χ0v) is 12.1. The van der Waals surface area contributed by atoms with Gasteiger partial charge in [0.15, 0.2) is 0 Å². The van der Waals surface area contributed by atoms with Crippen molar-refractivity contribution in [2.45, 2.75) is 51.9 Å². The lowest BCUT2D eigenvalue weighted by Crippen LogP contribution is -2.24. The first-order valence-electron chi connectivity index (χ1n) is 6.89. The summed E-state index contributed by atoms with van der Waals surface area (Å²) < 4.78 is 43.0. The maximum absolute atomic E-state index is 12.4. The Kier molecular flexibility index (Phi) is 6.33. The van der Waals surface area contributed by atoms with Crippen molar-refractivity contribution in [3.8, 4) is 5.75 Å². The summed E-state index contributed by atoms with van der Waals surface area (Å²) in [4.78, 5) is 0. The van der Waals surface area contributed by atoms with Crippen molar-refractivity contribution >= 4 is 0 Å². The highest BCUT2D eigenvalue weighted by Gasteiger charge is 2.29. The van der Waals surface area contributed by atoms with Gasteiger partial charge in [0, 0.05) is 18.0 Å². The summed E-state index contributed by atoms with van der Waals surface area (Å²) in [6.45, 7) is 6.29. The number of hydrogen-bond donors (Lipinski definition) is 1. The molecular formula is C15H22F3NO. The largest absolute Gasteiger partial charge is 0.491 e. The SMILES string of the molecule is CCNC(CCC(F)(F)F)c1ccccc1OC(C)C. The zero-order chi connectivity index (χ0) is 15.2. The fourth-order valence-corrected chi connectivity index (χ4v) is 2.05. The quantitative estimate of drug-likeness (QED) is 0.799. The molecule has 0 bridgehead atoms. The van der Waals surface area contributed by atoms with Crippen LogP contribution in [0.3, 0.4) is 0 Å². The summed E-state index contributed by atoms with van der Waals surface area (Å²) in [5.74, 6) is 0.649. The lowest BCUT2D eigenvalue weighted by molar-refractivity contribution is -0.136. The minimum atomic E-state index is -4.14. The van der Waals surface area contributed by atoms with E-state index in [1.807, 2.05) is 39.0 Å². The van der Waals surface area contributed by atoms with Crippen LogP contribution < -0.4 is 10.1 Å². The molecule has 1 aromatic rings. The van der Waals surface area contributed by atoms with Crippen LogP contribution >= 0.6 is 0 Å². The monoisotopic (exact) mass is 289 g/mol. The van der Waals surface area contributed by atoms with Crippen LogP contribution in [0.2, 0.25) is 0 Å². The van der Waals surface area contributed by atoms with Gasteiger partial charge < -0.3 is 10.1 Å². The minimum Gasteiger partial charge on any atom is -0.491 e. The van der Waals surface area contributed by atoms with Crippen LogP contribution in [0.5, 0.6) is 5.75 Å². The van der Waals surface area contributed by atoms with Gasteiger partial charge in [-0.15, -0.1) is 0 Å². The molecule has 1 rings (SSSR count). The molecule has 0 aliphatic carbocycles. The summed E-state index contributed by atoms with van der Waals surface area (Å²) in [6, 6.07) is 6.92. The summed E-state index contributed by atoms with van der Waals surface area (Å²) in [5, 5.41) is 3.11. The Bertz CT molecular complexity index is 404. The molecule has 1 aromatic carbocycles. The van der Waals surface area contributed by atoms with Gasteiger partial charge in [-0.3, -0.25) is 0 Å². The van der Waals surface area contributed by atoms with E-state index in [1.165, 1.54) is 0 Å². The van der Waals surface area contributed by atoms with E-state index in [-0.39, 0.29) is 18.6 Å².